The Kier molecular flexibility index (Phi) is 4.92. The fourth-order valence-electron chi connectivity index (χ4n) is 0.520. The lowest BCUT2D eigenvalue weighted by Crippen LogP contribution is -2.34. The van der Waals surface area contributed by atoms with Crippen LogP contribution in [0.5, 0.6) is 0 Å². The van der Waals surface area contributed by atoms with Crippen molar-refractivity contribution in [3.63, 3.8) is 0 Å². The predicted octanol–water partition coefficient (Wildman–Crippen LogP) is 2.41. The molecule has 0 bridgehead atoms. The molecule has 0 aromatic heterocycles. The highest BCUT2D eigenvalue weighted by Crippen LogP contribution is 2.36. The van der Waals surface area contributed by atoms with Crippen molar-refractivity contribution in [1.29, 1.82) is 0 Å². The van der Waals surface area contributed by atoms with Gasteiger partial charge in [-0.1, -0.05) is 0 Å². The molecule has 0 saturated carbocycles. The molecule has 0 amide bonds. The molecule has 0 radical (unpaired) electrons. The lowest BCUT2D eigenvalue weighted by Gasteiger charge is -2.16. The highest BCUT2D eigenvalue weighted by Gasteiger charge is 2.43. The fraction of sp³-hybridized carbons (Fsp3) is 0.800. The maximum absolute atomic E-state index is 11.5. The normalized spacial score (nSPS) is 12.4. The lowest BCUT2D eigenvalue weighted by molar-refractivity contribution is -0.132. The second-order valence-electron chi connectivity index (χ2n) is 4.54. The van der Waals surface area contributed by atoms with Gasteiger partial charge in [-0.25, -0.2) is 0 Å². The van der Waals surface area contributed by atoms with Crippen LogP contribution in [0.15, 0.2) is 0 Å². The molecule has 0 aromatic carbocycles. The minimum atomic E-state index is -2.51. The topological polar surface area (TPSA) is 69.7 Å². The van der Waals surface area contributed by atoms with Crippen LogP contribution in [-0.4, -0.2) is 22.8 Å². The number of carbonyl (C=O) groups is 2. The van der Waals surface area contributed by atoms with Crippen LogP contribution in [0, 0.1) is 0 Å². The minimum absolute atomic E-state index is 0.264. The van der Waals surface area contributed by atoms with E-state index in [9.17, 15) is 14.2 Å². The first-order chi connectivity index (χ1) is 6.99. The van der Waals surface area contributed by atoms with Crippen LogP contribution in [0.3, 0.4) is 0 Å². The first-order valence-corrected chi connectivity index (χ1v) is 5.96. The van der Waals surface area contributed by atoms with Crippen LogP contribution in [-0.2, 0) is 23.2 Å². The molecule has 0 aliphatic heterocycles. The molecule has 0 fully saturated rings. The zero-order valence-electron chi connectivity index (χ0n) is 10.5. The van der Waals surface area contributed by atoms with Crippen molar-refractivity contribution in [2.45, 2.75) is 52.7 Å². The van der Waals surface area contributed by atoms with E-state index in [-0.39, 0.29) is 11.6 Å². The van der Waals surface area contributed by atoms with Crippen molar-refractivity contribution in [2.24, 2.45) is 0 Å². The second-order valence-corrected chi connectivity index (χ2v) is 5.35. The van der Waals surface area contributed by atoms with Crippen LogP contribution in [0.2, 0.25) is 0 Å². The summed E-state index contributed by atoms with van der Waals surface area (Å²) in [5, 5.41) is 0. The Morgan fingerprint density at radius 2 is 1.12 bits per heavy atom. The Morgan fingerprint density at radius 1 is 0.875 bits per heavy atom. The smallest absolute Gasteiger partial charge is 0.297 e. The van der Waals surface area contributed by atoms with Gasteiger partial charge in [0, 0.05) is 4.57 Å². The highest BCUT2D eigenvalue weighted by atomic mass is 31.1. The molecule has 5 nitrogen and oxygen atoms in total. The fourth-order valence-corrected chi connectivity index (χ4v) is 1.56. The van der Waals surface area contributed by atoms with Gasteiger partial charge in [0.2, 0.25) is 0 Å². The summed E-state index contributed by atoms with van der Waals surface area (Å²) in [5.41, 5.74) is -2.36. The Balaban J connectivity index is 4.52. The van der Waals surface area contributed by atoms with Crippen molar-refractivity contribution < 1.29 is 23.2 Å². The van der Waals surface area contributed by atoms with E-state index in [1.807, 2.05) is 0 Å². The Bertz CT molecular complexity index is 289. The Hall–Kier alpha value is -0.640. The van der Waals surface area contributed by atoms with Gasteiger partial charge in [0.15, 0.2) is 22.8 Å². The average Bonchev–Trinajstić information content (AvgIpc) is 2.00. The van der Waals surface area contributed by atoms with E-state index in [1.165, 1.54) is 41.5 Å². The average molecular weight is 249 g/mol. The van der Waals surface area contributed by atoms with Gasteiger partial charge in [-0.05, 0) is 41.5 Å². The number of ketones is 2. The molecule has 0 rings (SSSR count). The molecule has 0 spiro atoms. The summed E-state index contributed by atoms with van der Waals surface area (Å²) in [6.45, 7) is 8.64. The summed E-state index contributed by atoms with van der Waals surface area (Å²) in [6.07, 6.45) is 0. The van der Waals surface area contributed by atoms with Crippen molar-refractivity contribution in [2.75, 3.05) is 0 Å². The van der Waals surface area contributed by atoms with Crippen LogP contribution in [0.1, 0.15) is 41.5 Å². The van der Waals surface area contributed by atoms with Gasteiger partial charge in [0.25, 0.3) is 0 Å². The second kappa shape index (κ2) is 5.13. The van der Waals surface area contributed by atoms with E-state index in [2.05, 4.69) is 0 Å². The van der Waals surface area contributed by atoms with Crippen molar-refractivity contribution in [3.05, 3.63) is 0 Å². The van der Waals surface area contributed by atoms with Crippen molar-refractivity contribution in [3.8, 4) is 0 Å². The molecular formula is C10H18O5P+. The van der Waals surface area contributed by atoms with Crippen molar-refractivity contribution >= 4 is 19.8 Å². The molecule has 0 heterocycles. The molecular weight excluding hydrogens is 231 g/mol. The van der Waals surface area contributed by atoms with E-state index < -0.39 is 19.5 Å². The van der Waals surface area contributed by atoms with E-state index in [4.69, 9.17) is 9.05 Å². The summed E-state index contributed by atoms with van der Waals surface area (Å²) in [4.78, 5) is 22.2. The van der Waals surface area contributed by atoms with E-state index in [0.29, 0.717) is 0 Å². The predicted molar refractivity (Wildman–Crippen MR) is 59.3 cm³/mol. The number of Topliss-reactive ketones (excluding diaryl/α,β-unsaturated/α-hetero) is 2. The van der Waals surface area contributed by atoms with E-state index in [1.54, 1.807) is 0 Å². The molecule has 92 valence electrons. The standard InChI is InChI=1S/C10H18O5P/c1-7(11)9(3,4)14-16(13)15-10(5,6)8(2)12/h1-6H3/q+1. The summed E-state index contributed by atoms with van der Waals surface area (Å²) in [5.74, 6) is -0.528. The van der Waals surface area contributed by atoms with Gasteiger partial charge in [-0.3, -0.25) is 9.59 Å². The lowest BCUT2D eigenvalue weighted by atomic mass is 10.1. The minimum Gasteiger partial charge on any atom is -0.297 e. The van der Waals surface area contributed by atoms with Crippen LogP contribution < -0.4 is 0 Å². The molecule has 0 aromatic rings. The van der Waals surface area contributed by atoms with Crippen LogP contribution in [0.25, 0.3) is 0 Å². The van der Waals surface area contributed by atoms with Gasteiger partial charge in [0.1, 0.15) is 0 Å². The summed E-state index contributed by atoms with van der Waals surface area (Å²) >= 11 is 0. The molecule has 0 aliphatic rings. The molecule has 0 aliphatic carbocycles. The zero-order chi connectivity index (χ0) is 13.1. The number of rotatable bonds is 6. The highest BCUT2D eigenvalue weighted by molar-refractivity contribution is 7.33. The summed E-state index contributed by atoms with van der Waals surface area (Å²) < 4.78 is 21.4. The zero-order valence-corrected chi connectivity index (χ0v) is 11.4. The quantitative estimate of drug-likeness (QED) is 0.676. The van der Waals surface area contributed by atoms with Gasteiger partial charge in [0.05, 0.1) is 0 Å². The largest absolute Gasteiger partial charge is 0.699 e. The molecule has 16 heavy (non-hydrogen) atoms. The third-order valence-corrected chi connectivity index (χ3v) is 3.51. The SMILES string of the molecule is CC(=O)C(C)(C)O[P+](=O)OC(C)(C)C(C)=O. The first kappa shape index (κ1) is 15.4. The van der Waals surface area contributed by atoms with Gasteiger partial charge in [-0.2, -0.15) is 0 Å². The number of hydrogen-bond donors (Lipinski definition) is 0. The Morgan fingerprint density at radius 3 is 1.31 bits per heavy atom. The summed E-state index contributed by atoms with van der Waals surface area (Å²) in [6, 6.07) is 0. The molecule has 0 atom stereocenters. The maximum atomic E-state index is 11.5. The molecule has 0 N–H and O–H groups in total. The third kappa shape index (κ3) is 4.47. The van der Waals surface area contributed by atoms with Gasteiger partial charge >= 0.3 is 8.25 Å². The van der Waals surface area contributed by atoms with Gasteiger partial charge in [-0.15, -0.1) is 9.05 Å². The van der Waals surface area contributed by atoms with Crippen LogP contribution >= 0.6 is 8.25 Å². The van der Waals surface area contributed by atoms with Gasteiger partial charge < -0.3 is 0 Å². The first-order valence-electron chi connectivity index (χ1n) is 4.86. The monoisotopic (exact) mass is 249 g/mol. The summed E-state index contributed by atoms with van der Waals surface area (Å²) in [7, 11) is -2.51. The number of hydrogen-bond acceptors (Lipinski definition) is 5. The third-order valence-electron chi connectivity index (χ3n) is 2.30. The maximum Gasteiger partial charge on any atom is 0.699 e. The number of carbonyl (C=O) groups excluding carboxylic acids is 2. The molecule has 6 heteroatoms. The van der Waals surface area contributed by atoms with E-state index in [0.717, 1.165) is 0 Å². The van der Waals surface area contributed by atoms with Crippen molar-refractivity contribution in [1.82, 2.24) is 0 Å². The molecule has 0 saturated heterocycles. The van der Waals surface area contributed by atoms with E-state index >= 15 is 0 Å². The van der Waals surface area contributed by atoms with Crippen LogP contribution in [0.4, 0.5) is 0 Å². The molecule has 0 unspecified atom stereocenters. The Labute approximate surface area is 96.5 Å².